The van der Waals surface area contributed by atoms with E-state index in [1.54, 1.807) is 12.3 Å². The van der Waals surface area contributed by atoms with Gasteiger partial charge in [0.25, 0.3) is 0 Å². The molecule has 2 aromatic heterocycles. The molecule has 0 saturated carbocycles. The van der Waals surface area contributed by atoms with E-state index in [9.17, 15) is 8.42 Å². The Labute approximate surface area is 160 Å². The van der Waals surface area contributed by atoms with Crippen LogP contribution in [0.5, 0.6) is 0 Å². The van der Waals surface area contributed by atoms with Crippen molar-refractivity contribution in [2.24, 2.45) is 0 Å². The Morgan fingerprint density at radius 3 is 2.85 bits per heavy atom. The quantitative estimate of drug-likeness (QED) is 0.664. The molecule has 26 heavy (non-hydrogen) atoms. The molecule has 0 spiro atoms. The zero-order chi connectivity index (χ0) is 18.3. The summed E-state index contributed by atoms with van der Waals surface area (Å²) in [5.41, 5.74) is 4.42. The van der Waals surface area contributed by atoms with Crippen molar-refractivity contribution >= 4 is 49.5 Å². The molecule has 3 heterocycles. The summed E-state index contributed by atoms with van der Waals surface area (Å²) < 4.78 is 25.1. The Morgan fingerprint density at radius 2 is 2.12 bits per heavy atom. The first kappa shape index (κ1) is 17.3. The maximum atomic E-state index is 11.8. The summed E-state index contributed by atoms with van der Waals surface area (Å²) in [4.78, 5) is 8.64. The molecule has 134 valence electrons. The molecule has 0 unspecified atom stereocenters. The predicted molar refractivity (Wildman–Crippen MR) is 106 cm³/mol. The Kier molecular flexibility index (Phi) is 4.34. The molecule has 0 bridgehead atoms. The lowest BCUT2D eigenvalue weighted by Gasteiger charge is -2.16. The van der Waals surface area contributed by atoms with E-state index in [2.05, 4.69) is 15.3 Å². The smallest absolute Gasteiger partial charge is 0.232 e. The van der Waals surface area contributed by atoms with Gasteiger partial charge in [-0.3, -0.25) is 4.31 Å². The highest BCUT2D eigenvalue weighted by atomic mass is 35.5. The number of sulfonamides is 1. The Balaban J connectivity index is 1.58. The second kappa shape index (κ2) is 6.53. The van der Waals surface area contributed by atoms with Gasteiger partial charge in [-0.2, -0.15) is 0 Å². The summed E-state index contributed by atoms with van der Waals surface area (Å²) >= 11 is 7.28. The molecular formula is C17H15ClN4O2S2. The number of aromatic nitrogens is 2. The largest absolute Gasteiger partial charge is 0.330 e. The molecule has 9 heteroatoms. The van der Waals surface area contributed by atoms with E-state index in [1.807, 2.05) is 29.6 Å². The van der Waals surface area contributed by atoms with Crippen molar-refractivity contribution in [3.05, 3.63) is 52.6 Å². The SMILES string of the molecule is CS(=O)(=O)N1CCc2cc(-c3csc(Nc4ccc(Cl)nc4)n3)ccc21. The number of nitrogens with one attached hydrogen (secondary N) is 1. The molecule has 0 amide bonds. The first-order valence-corrected chi connectivity index (χ1v) is 11.0. The van der Waals surface area contributed by atoms with Crippen molar-refractivity contribution in [1.29, 1.82) is 0 Å². The number of pyridine rings is 1. The maximum absolute atomic E-state index is 11.8. The average Bonchev–Trinajstić information content (AvgIpc) is 3.22. The number of thiazole rings is 1. The van der Waals surface area contributed by atoms with Crippen LogP contribution in [0.2, 0.25) is 5.15 Å². The molecule has 1 aromatic carbocycles. The lowest BCUT2D eigenvalue weighted by Crippen LogP contribution is -2.27. The highest BCUT2D eigenvalue weighted by Gasteiger charge is 2.26. The lowest BCUT2D eigenvalue weighted by atomic mass is 10.1. The molecule has 3 aromatic rings. The number of rotatable bonds is 4. The van der Waals surface area contributed by atoms with Crippen molar-refractivity contribution in [1.82, 2.24) is 9.97 Å². The summed E-state index contributed by atoms with van der Waals surface area (Å²) in [7, 11) is -3.23. The first-order chi connectivity index (χ1) is 12.4. The third-order valence-electron chi connectivity index (χ3n) is 4.11. The minimum Gasteiger partial charge on any atom is -0.330 e. The van der Waals surface area contributed by atoms with Gasteiger partial charge in [0.1, 0.15) is 5.15 Å². The van der Waals surface area contributed by atoms with Crippen molar-refractivity contribution in [2.45, 2.75) is 6.42 Å². The molecule has 0 fully saturated rings. The fourth-order valence-electron chi connectivity index (χ4n) is 2.91. The third kappa shape index (κ3) is 3.40. The Bertz CT molecular complexity index is 1060. The van der Waals surface area contributed by atoms with Gasteiger partial charge in [-0.05, 0) is 36.2 Å². The van der Waals surface area contributed by atoms with Crippen molar-refractivity contribution in [3.8, 4) is 11.3 Å². The van der Waals surface area contributed by atoms with Gasteiger partial charge in [0.15, 0.2) is 5.13 Å². The minimum absolute atomic E-state index is 0.441. The van der Waals surface area contributed by atoms with E-state index >= 15 is 0 Å². The van der Waals surface area contributed by atoms with Crippen LogP contribution in [0.25, 0.3) is 11.3 Å². The van der Waals surface area contributed by atoms with Gasteiger partial charge in [-0.1, -0.05) is 17.7 Å². The molecule has 1 aliphatic rings. The summed E-state index contributed by atoms with van der Waals surface area (Å²) in [6.07, 6.45) is 3.60. The molecule has 4 rings (SSSR count). The van der Waals surface area contributed by atoms with E-state index < -0.39 is 10.0 Å². The molecule has 6 nitrogen and oxygen atoms in total. The van der Waals surface area contributed by atoms with Crippen LogP contribution < -0.4 is 9.62 Å². The van der Waals surface area contributed by atoms with E-state index in [-0.39, 0.29) is 0 Å². The van der Waals surface area contributed by atoms with Crippen LogP contribution in [0.15, 0.2) is 41.9 Å². The number of hydrogen-bond acceptors (Lipinski definition) is 6. The molecular weight excluding hydrogens is 392 g/mol. The summed E-state index contributed by atoms with van der Waals surface area (Å²) in [5.74, 6) is 0. The first-order valence-electron chi connectivity index (χ1n) is 7.85. The van der Waals surface area contributed by atoms with E-state index in [4.69, 9.17) is 11.6 Å². The van der Waals surface area contributed by atoms with Gasteiger partial charge in [-0.15, -0.1) is 11.3 Å². The van der Waals surface area contributed by atoms with Gasteiger partial charge in [0.2, 0.25) is 10.0 Å². The molecule has 0 aliphatic carbocycles. The molecule has 0 saturated heterocycles. The Hall–Kier alpha value is -2.16. The highest BCUT2D eigenvalue weighted by Crippen LogP contribution is 2.35. The zero-order valence-corrected chi connectivity index (χ0v) is 16.2. The van der Waals surface area contributed by atoms with Gasteiger partial charge in [0, 0.05) is 17.5 Å². The highest BCUT2D eigenvalue weighted by molar-refractivity contribution is 7.92. The number of fused-ring (bicyclic) bond motifs is 1. The second-order valence-corrected chi connectivity index (χ2v) is 9.11. The fourth-order valence-corrected chi connectivity index (χ4v) is 4.72. The van der Waals surface area contributed by atoms with Crippen LogP contribution >= 0.6 is 22.9 Å². The standard InChI is InChI=1S/C17H15ClN4O2S2/c1-26(23,24)22-7-6-12-8-11(2-4-15(12)22)14-10-25-17(21-14)20-13-3-5-16(18)19-9-13/h2-5,8-10H,6-7H2,1H3,(H,20,21). The van der Waals surface area contributed by atoms with E-state index in [1.165, 1.54) is 21.9 Å². The number of anilines is 3. The summed E-state index contributed by atoms with van der Waals surface area (Å²) in [6.45, 7) is 0.491. The molecule has 0 radical (unpaired) electrons. The average molecular weight is 407 g/mol. The van der Waals surface area contributed by atoms with Crippen LogP contribution in [0.1, 0.15) is 5.56 Å². The van der Waals surface area contributed by atoms with Crippen LogP contribution in [0.3, 0.4) is 0 Å². The van der Waals surface area contributed by atoms with E-state index in [0.717, 1.165) is 33.3 Å². The number of hydrogen-bond donors (Lipinski definition) is 1. The third-order valence-corrected chi connectivity index (χ3v) is 6.27. The Morgan fingerprint density at radius 1 is 1.27 bits per heavy atom. The van der Waals surface area contributed by atoms with Gasteiger partial charge in [0.05, 0.1) is 29.5 Å². The van der Waals surface area contributed by atoms with Crippen LogP contribution in [0, 0.1) is 0 Å². The number of nitrogens with zero attached hydrogens (tertiary/aromatic N) is 3. The maximum Gasteiger partial charge on any atom is 0.232 e. The molecule has 1 aliphatic heterocycles. The van der Waals surface area contributed by atoms with Crippen molar-refractivity contribution < 1.29 is 8.42 Å². The van der Waals surface area contributed by atoms with Crippen LogP contribution in [-0.4, -0.2) is 31.2 Å². The second-order valence-electron chi connectivity index (χ2n) is 5.96. The van der Waals surface area contributed by atoms with Gasteiger partial charge >= 0.3 is 0 Å². The zero-order valence-electron chi connectivity index (χ0n) is 13.8. The number of benzene rings is 1. The fraction of sp³-hybridized carbons (Fsp3) is 0.176. The van der Waals surface area contributed by atoms with Crippen LogP contribution in [-0.2, 0) is 16.4 Å². The van der Waals surface area contributed by atoms with E-state index in [0.29, 0.717) is 18.1 Å². The summed E-state index contributed by atoms with van der Waals surface area (Å²) in [5, 5.41) is 6.36. The number of halogens is 1. The molecule has 0 atom stereocenters. The topological polar surface area (TPSA) is 75.2 Å². The van der Waals surface area contributed by atoms with Crippen molar-refractivity contribution in [2.75, 3.05) is 22.4 Å². The predicted octanol–water partition coefficient (Wildman–Crippen LogP) is 3.92. The minimum atomic E-state index is -3.23. The molecule has 1 N–H and O–H groups in total. The van der Waals surface area contributed by atoms with Crippen LogP contribution in [0.4, 0.5) is 16.5 Å². The van der Waals surface area contributed by atoms with Gasteiger partial charge in [-0.25, -0.2) is 18.4 Å². The lowest BCUT2D eigenvalue weighted by molar-refractivity contribution is 0.598. The van der Waals surface area contributed by atoms with Gasteiger partial charge < -0.3 is 5.32 Å². The van der Waals surface area contributed by atoms with Crippen molar-refractivity contribution in [3.63, 3.8) is 0 Å². The summed E-state index contributed by atoms with van der Waals surface area (Å²) in [6, 6.07) is 9.33. The monoisotopic (exact) mass is 406 g/mol. The normalized spacial score (nSPS) is 13.7.